The molecule has 0 saturated heterocycles. The zero-order valence-electron chi connectivity index (χ0n) is 11.1. The maximum atomic E-state index is 2.29. The Labute approximate surface area is 99.7 Å². The molecule has 0 N–H and O–H groups in total. The molecule has 0 unspecified atom stereocenters. The van der Waals surface area contributed by atoms with Gasteiger partial charge in [-0.1, -0.05) is 37.3 Å². The summed E-state index contributed by atoms with van der Waals surface area (Å²) in [5, 5.41) is 0. The van der Waals surface area contributed by atoms with Gasteiger partial charge in [0.25, 0.3) is 0 Å². The Morgan fingerprint density at radius 2 is 1.69 bits per heavy atom. The van der Waals surface area contributed by atoms with E-state index in [4.69, 9.17) is 0 Å². The van der Waals surface area contributed by atoms with Crippen LogP contribution in [0.2, 0.25) is 0 Å². The van der Waals surface area contributed by atoms with Gasteiger partial charge in [-0.2, -0.15) is 0 Å². The second kappa shape index (κ2) is 5.69. The largest absolute Gasteiger partial charge is 0.0871 e. The van der Waals surface area contributed by atoms with E-state index in [1.807, 2.05) is 0 Å². The van der Waals surface area contributed by atoms with Gasteiger partial charge in [0.05, 0.1) is 0 Å². The van der Waals surface area contributed by atoms with Crippen LogP contribution in [-0.4, -0.2) is 0 Å². The van der Waals surface area contributed by atoms with Crippen LogP contribution in [0.1, 0.15) is 48.6 Å². The molecule has 0 radical (unpaired) electrons. The number of allylic oxidation sites excluding steroid dienone is 2. The van der Waals surface area contributed by atoms with Crippen molar-refractivity contribution in [1.29, 1.82) is 0 Å². The normalized spacial score (nSPS) is 11.8. The molecule has 0 bridgehead atoms. The highest BCUT2D eigenvalue weighted by Crippen LogP contribution is 2.25. The van der Waals surface area contributed by atoms with Crippen LogP contribution in [0.5, 0.6) is 0 Å². The molecule has 86 valence electrons. The summed E-state index contributed by atoms with van der Waals surface area (Å²) < 4.78 is 0. The van der Waals surface area contributed by atoms with Crippen molar-refractivity contribution in [2.24, 2.45) is 0 Å². The van der Waals surface area contributed by atoms with Gasteiger partial charge in [-0.05, 0) is 61.9 Å². The minimum atomic E-state index is 1.09. The molecule has 0 heteroatoms. The molecule has 16 heavy (non-hydrogen) atoms. The van der Waals surface area contributed by atoms with Crippen molar-refractivity contribution in [3.8, 4) is 0 Å². The molecule has 0 amide bonds. The minimum absolute atomic E-state index is 1.09. The van der Waals surface area contributed by atoms with Gasteiger partial charge in [-0.15, -0.1) is 0 Å². The fourth-order valence-corrected chi connectivity index (χ4v) is 2.29. The highest BCUT2D eigenvalue weighted by Gasteiger charge is 2.08. The van der Waals surface area contributed by atoms with E-state index in [0.29, 0.717) is 0 Å². The van der Waals surface area contributed by atoms with E-state index in [9.17, 15) is 0 Å². The summed E-state index contributed by atoms with van der Waals surface area (Å²) in [6.07, 6.45) is 9.74. The lowest BCUT2D eigenvalue weighted by Crippen LogP contribution is -1.97. The van der Waals surface area contributed by atoms with Crippen LogP contribution in [-0.2, 0) is 6.42 Å². The summed E-state index contributed by atoms with van der Waals surface area (Å²) in [6, 6.07) is 2.29. The lowest BCUT2D eigenvalue weighted by Gasteiger charge is -2.14. The predicted molar refractivity (Wildman–Crippen MR) is 74.7 cm³/mol. The third-order valence-corrected chi connectivity index (χ3v) is 3.04. The monoisotopic (exact) mass is 214 g/mol. The number of hydrogen-bond acceptors (Lipinski definition) is 0. The van der Waals surface area contributed by atoms with Crippen LogP contribution in [0.25, 0.3) is 12.2 Å². The average molecular weight is 214 g/mol. The minimum Gasteiger partial charge on any atom is -0.0871 e. The molecule has 0 fully saturated rings. The fourth-order valence-electron chi connectivity index (χ4n) is 2.29. The van der Waals surface area contributed by atoms with Crippen molar-refractivity contribution in [2.45, 2.75) is 41.0 Å². The summed E-state index contributed by atoms with van der Waals surface area (Å²) >= 11 is 0. The molecular formula is C16H22. The van der Waals surface area contributed by atoms with Crippen molar-refractivity contribution in [3.63, 3.8) is 0 Å². The van der Waals surface area contributed by atoms with Gasteiger partial charge < -0.3 is 0 Å². The Morgan fingerprint density at radius 3 is 2.19 bits per heavy atom. The maximum Gasteiger partial charge on any atom is -0.0198 e. The van der Waals surface area contributed by atoms with E-state index in [1.165, 1.54) is 27.8 Å². The van der Waals surface area contributed by atoms with E-state index in [2.05, 4.69) is 65.0 Å². The Bertz CT molecular complexity index is 420. The zero-order valence-corrected chi connectivity index (χ0v) is 11.1. The second-order valence-corrected chi connectivity index (χ2v) is 4.15. The SMILES string of the molecule is C/C=C\c1cc(C)c(/C=C\C)c(C)c1CC. The molecule has 1 rings (SSSR count). The van der Waals surface area contributed by atoms with Crippen LogP contribution in [0.15, 0.2) is 18.2 Å². The summed E-state index contributed by atoms with van der Waals surface area (Å²) in [6.45, 7) is 10.8. The van der Waals surface area contributed by atoms with Crippen LogP contribution in [0, 0.1) is 13.8 Å². The molecule has 0 saturated carbocycles. The summed E-state index contributed by atoms with van der Waals surface area (Å²) in [4.78, 5) is 0. The molecule has 1 aromatic rings. The smallest absolute Gasteiger partial charge is 0.0198 e. The summed E-state index contributed by atoms with van der Waals surface area (Å²) in [7, 11) is 0. The molecule has 0 aromatic heterocycles. The average Bonchev–Trinajstić information content (AvgIpc) is 2.25. The van der Waals surface area contributed by atoms with Gasteiger partial charge in [0.1, 0.15) is 0 Å². The molecule has 1 aromatic carbocycles. The Kier molecular flexibility index (Phi) is 4.54. The van der Waals surface area contributed by atoms with Gasteiger partial charge in [0, 0.05) is 0 Å². The Hall–Kier alpha value is -1.30. The molecule has 0 nitrogen and oxygen atoms in total. The van der Waals surface area contributed by atoms with Crippen molar-refractivity contribution >= 4 is 12.2 Å². The van der Waals surface area contributed by atoms with Gasteiger partial charge >= 0.3 is 0 Å². The summed E-state index contributed by atoms with van der Waals surface area (Å²) in [5.41, 5.74) is 7.01. The highest BCUT2D eigenvalue weighted by atomic mass is 14.1. The Balaban J connectivity index is 3.48. The predicted octanol–water partition coefficient (Wildman–Crippen LogP) is 4.93. The van der Waals surface area contributed by atoms with Crippen molar-refractivity contribution in [2.75, 3.05) is 0 Å². The molecule has 0 spiro atoms. The van der Waals surface area contributed by atoms with Crippen LogP contribution in [0.3, 0.4) is 0 Å². The number of benzene rings is 1. The van der Waals surface area contributed by atoms with Crippen LogP contribution >= 0.6 is 0 Å². The van der Waals surface area contributed by atoms with E-state index < -0.39 is 0 Å². The zero-order chi connectivity index (χ0) is 12.1. The maximum absolute atomic E-state index is 2.29. The summed E-state index contributed by atoms with van der Waals surface area (Å²) in [5.74, 6) is 0. The third-order valence-electron chi connectivity index (χ3n) is 3.04. The second-order valence-electron chi connectivity index (χ2n) is 4.15. The molecule has 0 aliphatic carbocycles. The molecule has 0 aliphatic rings. The Morgan fingerprint density at radius 1 is 1.06 bits per heavy atom. The lowest BCUT2D eigenvalue weighted by molar-refractivity contribution is 1.09. The highest BCUT2D eigenvalue weighted by molar-refractivity contribution is 5.66. The van der Waals surface area contributed by atoms with E-state index in [1.54, 1.807) is 0 Å². The molecule has 0 atom stereocenters. The number of rotatable bonds is 3. The van der Waals surface area contributed by atoms with Gasteiger partial charge in [-0.3, -0.25) is 0 Å². The van der Waals surface area contributed by atoms with Crippen molar-refractivity contribution in [1.82, 2.24) is 0 Å². The standard InChI is InChI=1S/C16H22/c1-6-9-14-11-12(4)16(10-7-2)13(5)15(14)8-3/h6-7,9-11H,8H2,1-5H3/b9-6-,10-7-. The molecular weight excluding hydrogens is 192 g/mol. The quantitative estimate of drug-likeness (QED) is 0.669. The van der Waals surface area contributed by atoms with Crippen LogP contribution in [0.4, 0.5) is 0 Å². The topological polar surface area (TPSA) is 0 Å². The number of aryl methyl sites for hydroxylation is 1. The van der Waals surface area contributed by atoms with Crippen molar-refractivity contribution < 1.29 is 0 Å². The first-order valence-electron chi connectivity index (χ1n) is 6.04. The van der Waals surface area contributed by atoms with Gasteiger partial charge in [-0.25, -0.2) is 0 Å². The van der Waals surface area contributed by atoms with Crippen molar-refractivity contribution in [3.05, 3.63) is 46.0 Å². The van der Waals surface area contributed by atoms with Gasteiger partial charge in [0.15, 0.2) is 0 Å². The van der Waals surface area contributed by atoms with E-state index in [-0.39, 0.29) is 0 Å². The first kappa shape index (κ1) is 12.8. The third kappa shape index (κ3) is 2.44. The van der Waals surface area contributed by atoms with Crippen LogP contribution < -0.4 is 0 Å². The molecule has 0 aliphatic heterocycles. The van der Waals surface area contributed by atoms with E-state index in [0.717, 1.165) is 6.42 Å². The first-order chi connectivity index (χ1) is 7.65. The molecule has 0 heterocycles. The number of hydrogen-bond donors (Lipinski definition) is 0. The lowest BCUT2D eigenvalue weighted by atomic mass is 9.91. The fraction of sp³-hybridized carbons (Fsp3) is 0.375. The van der Waals surface area contributed by atoms with Gasteiger partial charge in [0.2, 0.25) is 0 Å². The first-order valence-corrected chi connectivity index (χ1v) is 6.04. The van der Waals surface area contributed by atoms with E-state index >= 15 is 0 Å².